The third-order valence-corrected chi connectivity index (χ3v) is 4.54. The van der Waals surface area contributed by atoms with Crippen molar-refractivity contribution < 1.29 is 9.47 Å². The zero-order valence-electron chi connectivity index (χ0n) is 15.6. The van der Waals surface area contributed by atoms with E-state index in [1.807, 2.05) is 36.4 Å². The number of nitrogens with zero attached hydrogens (tertiary/aromatic N) is 1. The second-order valence-electron chi connectivity index (χ2n) is 6.40. The Labute approximate surface area is 165 Å². The van der Waals surface area contributed by atoms with Crippen molar-refractivity contribution in [1.29, 1.82) is 0 Å². The van der Waals surface area contributed by atoms with Crippen LogP contribution in [0.15, 0.2) is 54.6 Å². The smallest absolute Gasteiger partial charge is 0.218 e. The van der Waals surface area contributed by atoms with Crippen LogP contribution in [0.1, 0.15) is 17.5 Å². The quantitative estimate of drug-likeness (QED) is 0.517. The maximum atomic E-state index is 6.12. The van der Waals surface area contributed by atoms with Gasteiger partial charge in [0.15, 0.2) is 0 Å². The molecule has 4 nitrogen and oxygen atoms in total. The monoisotopic (exact) mass is 384 g/mol. The number of hydrogen-bond acceptors (Lipinski definition) is 4. The van der Waals surface area contributed by atoms with Gasteiger partial charge < -0.3 is 14.8 Å². The average molecular weight is 385 g/mol. The maximum absolute atomic E-state index is 6.12. The molecule has 0 bridgehead atoms. The van der Waals surface area contributed by atoms with Crippen LogP contribution < -0.4 is 10.1 Å². The predicted molar refractivity (Wildman–Crippen MR) is 111 cm³/mol. The standard InChI is InChI=1S/C22H25ClN2O2/c1-26-12-5-11-24-16-19-14-18-8-9-20(23)15-21(18)25-22(19)27-13-10-17-6-3-2-4-7-17/h2-4,6-9,14-15,24H,5,10-13,16H2,1H3. The maximum Gasteiger partial charge on any atom is 0.218 e. The molecule has 2 aromatic carbocycles. The molecular weight excluding hydrogens is 360 g/mol. The van der Waals surface area contributed by atoms with Crippen molar-refractivity contribution in [3.05, 3.63) is 70.7 Å². The Bertz CT molecular complexity index is 856. The molecule has 0 radical (unpaired) electrons. The number of halogens is 1. The average Bonchev–Trinajstić information content (AvgIpc) is 2.69. The SMILES string of the molecule is COCCCNCc1cc2ccc(Cl)cc2nc1OCCc1ccccc1. The Kier molecular flexibility index (Phi) is 7.45. The Morgan fingerprint density at radius 1 is 1.04 bits per heavy atom. The number of methoxy groups -OCH3 is 1. The lowest BCUT2D eigenvalue weighted by atomic mass is 10.1. The topological polar surface area (TPSA) is 43.4 Å². The minimum absolute atomic E-state index is 0.583. The fourth-order valence-electron chi connectivity index (χ4n) is 2.89. The van der Waals surface area contributed by atoms with Crippen LogP contribution >= 0.6 is 11.6 Å². The highest BCUT2D eigenvalue weighted by Crippen LogP contribution is 2.25. The first-order chi connectivity index (χ1) is 13.3. The zero-order valence-corrected chi connectivity index (χ0v) is 16.3. The number of rotatable bonds is 10. The molecule has 0 unspecified atom stereocenters. The number of hydrogen-bond donors (Lipinski definition) is 1. The van der Waals surface area contributed by atoms with Crippen LogP contribution in [0, 0.1) is 0 Å². The molecule has 3 rings (SSSR count). The molecule has 0 saturated carbocycles. The number of fused-ring (bicyclic) bond motifs is 1. The molecule has 1 heterocycles. The number of benzene rings is 2. The first-order valence-electron chi connectivity index (χ1n) is 9.22. The summed E-state index contributed by atoms with van der Waals surface area (Å²) in [6.07, 6.45) is 1.81. The van der Waals surface area contributed by atoms with Crippen molar-refractivity contribution in [3.63, 3.8) is 0 Å². The Balaban J connectivity index is 1.71. The molecule has 3 aromatic rings. The molecule has 142 valence electrons. The second kappa shape index (κ2) is 10.3. The Morgan fingerprint density at radius 3 is 2.70 bits per heavy atom. The summed E-state index contributed by atoms with van der Waals surface area (Å²) >= 11 is 6.12. The molecule has 0 atom stereocenters. The first kappa shape index (κ1) is 19.6. The van der Waals surface area contributed by atoms with E-state index in [0.717, 1.165) is 42.5 Å². The summed E-state index contributed by atoms with van der Waals surface area (Å²) < 4.78 is 11.1. The van der Waals surface area contributed by atoms with Crippen molar-refractivity contribution in [2.24, 2.45) is 0 Å². The first-order valence-corrected chi connectivity index (χ1v) is 9.59. The van der Waals surface area contributed by atoms with E-state index < -0.39 is 0 Å². The van der Waals surface area contributed by atoms with Crippen LogP contribution in [0.5, 0.6) is 5.88 Å². The van der Waals surface area contributed by atoms with Gasteiger partial charge in [-0.2, -0.15) is 0 Å². The van der Waals surface area contributed by atoms with E-state index in [9.17, 15) is 0 Å². The van der Waals surface area contributed by atoms with E-state index in [0.29, 0.717) is 24.1 Å². The van der Waals surface area contributed by atoms with Gasteiger partial charge in [0.1, 0.15) is 0 Å². The third-order valence-electron chi connectivity index (χ3n) is 4.31. The third kappa shape index (κ3) is 5.93. The minimum Gasteiger partial charge on any atom is -0.477 e. The second-order valence-corrected chi connectivity index (χ2v) is 6.83. The Morgan fingerprint density at radius 2 is 1.89 bits per heavy atom. The van der Waals surface area contributed by atoms with E-state index in [1.54, 1.807) is 7.11 Å². The summed E-state index contributed by atoms with van der Waals surface area (Å²) in [5.41, 5.74) is 3.15. The van der Waals surface area contributed by atoms with E-state index in [2.05, 4.69) is 23.5 Å². The van der Waals surface area contributed by atoms with Gasteiger partial charge in [-0.15, -0.1) is 0 Å². The van der Waals surface area contributed by atoms with Gasteiger partial charge in [0, 0.05) is 42.7 Å². The van der Waals surface area contributed by atoms with E-state index in [-0.39, 0.29) is 0 Å². The predicted octanol–water partition coefficient (Wildman–Crippen LogP) is 4.64. The Hall–Kier alpha value is -2.14. The van der Waals surface area contributed by atoms with Gasteiger partial charge >= 0.3 is 0 Å². The van der Waals surface area contributed by atoms with Crippen LogP contribution in [0.25, 0.3) is 10.9 Å². The molecular formula is C22H25ClN2O2. The fourth-order valence-corrected chi connectivity index (χ4v) is 3.06. The highest BCUT2D eigenvalue weighted by atomic mass is 35.5. The number of ether oxygens (including phenoxy) is 2. The normalized spacial score (nSPS) is 11.0. The highest BCUT2D eigenvalue weighted by Gasteiger charge is 2.09. The van der Waals surface area contributed by atoms with Crippen molar-refractivity contribution in [2.45, 2.75) is 19.4 Å². The van der Waals surface area contributed by atoms with Crippen molar-refractivity contribution >= 4 is 22.5 Å². The molecule has 0 fully saturated rings. The largest absolute Gasteiger partial charge is 0.477 e. The van der Waals surface area contributed by atoms with Gasteiger partial charge in [-0.3, -0.25) is 0 Å². The lowest BCUT2D eigenvalue weighted by Crippen LogP contribution is -2.17. The van der Waals surface area contributed by atoms with Gasteiger partial charge in [0.2, 0.25) is 5.88 Å². The summed E-state index contributed by atoms with van der Waals surface area (Å²) in [5.74, 6) is 0.667. The van der Waals surface area contributed by atoms with Crippen LogP contribution in [0.4, 0.5) is 0 Å². The zero-order chi connectivity index (χ0) is 18.9. The lowest BCUT2D eigenvalue weighted by Gasteiger charge is -2.13. The molecule has 0 aliphatic carbocycles. The van der Waals surface area contributed by atoms with Crippen molar-refractivity contribution in [1.82, 2.24) is 10.3 Å². The van der Waals surface area contributed by atoms with Crippen LogP contribution in [-0.2, 0) is 17.7 Å². The molecule has 0 saturated heterocycles. The van der Waals surface area contributed by atoms with Crippen molar-refractivity contribution in [2.75, 3.05) is 26.9 Å². The lowest BCUT2D eigenvalue weighted by molar-refractivity contribution is 0.194. The van der Waals surface area contributed by atoms with Gasteiger partial charge in [-0.25, -0.2) is 4.98 Å². The summed E-state index contributed by atoms with van der Waals surface area (Å²) in [6, 6.07) is 18.2. The number of pyridine rings is 1. The molecule has 5 heteroatoms. The minimum atomic E-state index is 0.583. The summed E-state index contributed by atoms with van der Waals surface area (Å²) in [5, 5.41) is 5.17. The van der Waals surface area contributed by atoms with Gasteiger partial charge in [0.25, 0.3) is 0 Å². The number of nitrogens with one attached hydrogen (secondary N) is 1. The van der Waals surface area contributed by atoms with Gasteiger partial charge in [-0.05, 0) is 36.7 Å². The molecule has 1 aromatic heterocycles. The van der Waals surface area contributed by atoms with Gasteiger partial charge in [-0.1, -0.05) is 48.0 Å². The van der Waals surface area contributed by atoms with E-state index in [4.69, 9.17) is 26.1 Å². The molecule has 0 spiro atoms. The summed E-state index contributed by atoms with van der Waals surface area (Å²) in [6.45, 7) is 2.92. The molecule has 0 aliphatic heterocycles. The van der Waals surface area contributed by atoms with E-state index >= 15 is 0 Å². The summed E-state index contributed by atoms with van der Waals surface area (Å²) in [7, 11) is 1.72. The highest BCUT2D eigenvalue weighted by molar-refractivity contribution is 6.31. The molecule has 1 N–H and O–H groups in total. The van der Waals surface area contributed by atoms with Gasteiger partial charge in [0.05, 0.1) is 12.1 Å². The van der Waals surface area contributed by atoms with Crippen LogP contribution in [0.2, 0.25) is 5.02 Å². The van der Waals surface area contributed by atoms with E-state index in [1.165, 1.54) is 5.56 Å². The number of aromatic nitrogens is 1. The van der Waals surface area contributed by atoms with Crippen LogP contribution in [-0.4, -0.2) is 31.9 Å². The molecule has 0 aliphatic rings. The molecule has 27 heavy (non-hydrogen) atoms. The van der Waals surface area contributed by atoms with Crippen LogP contribution in [0.3, 0.4) is 0 Å². The van der Waals surface area contributed by atoms with Crippen molar-refractivity contribution in [3.8, 4) is 5.88 Å². The summed E-state index contributed by atoms with van der Waals surface area (Å²) in [4.78, 5) is 4.71. The fraction of sp³-hybridized carbons (Fsp3) is 0.318. The molecule has 0 amide bonds.